The Hall–Kier alpha value is -1.14. The van der Waals surface area contributed by atoms with Crippen LogP contribution in [0.1, 0.15) is 33.3 Å². The standard InChI is InChI=1S/C13H14Cl3FN4.2C2H6/c14-9-1-2-10(17)13(16)8(9)7-20-5-6-21-12(19)4-3-11(15)18;2*1-2/h1-4,18,20H,5-7H2,(H2,19,21);2*1-2H3/b4-3-,18-11?;;. The Kier molecular flexibility index (Phi) is 17.0. The molecular formula is C17H26Cl3FN4. The van der Waals surface area contributed by atoms with Crippen LogP contribution in [-0.4, -0.2) is 24.1 Å². The number of nitrogens with one attached hydrogen (secondary N) is 2. The van der Waals surface area contributed by atoms with E-state index in [1.165, 1.54) is 24.3 Å². The van der Waals surface area contributed by atoms with Gasteiger partial charge in [-0.3, -0.25) is 10.4 Å². The zero-order chi connectivity index (χ0) is 19.8. The van der Waals surface area contributed by atoms with Crippen molar-refractivity contribution >= 4 is 45.8 Å². The fraction of sp³-hybridized carbons (Fsp3) is 0.412. The van der Waals surface area contributed by atoms with Gasteiger partial charge in [-0.15, -0.1) is 0 Å². The summed E-state index contributed by atoms with van der Waals surface area (Å²) < 4.78 is 13.3. The van der Waals surface area contributed by atoms with E-state index in [4.69, 9.17) is 45.9 Å². The normalized spacial score (nSPS) is 10.6. The molecule has 0 amide bonds. The molecular weight excluding hydrogens is 386 g/mol. The lowest BCUT2D eigenvalue weighted by Gasteiger charge is -2.08. The van der Waals surface area contributed by atoms with Crippen LogP contribution < -0.4 is 11.1 Å². The van der Waals surface area contributed by atoms with E-state index >= 15 is 0 Å². The number of aliphatic imine (C=N–C) groups is 1. The molecule has 25 heavy (non-hydrogen) atoms. The molecule has 0 unspecified atom stereocenters. The summed E-state index contributed by atoms with van der Waals surface area (Å²) in [5.41, 5.74) is 6.08. The highest BCUT2D eigenvalue weighted by molar-refractivity contribution is 6.67. The molecule has 0 aliphatic rings. The minimum absolute atomic E-state index is 0.0153. The third-order valence-electron chi connectivity index (χ3n) is 2.42. The molecule has 142 valence electrons. The van der Waals surface area contributed by atoms with E-state index in [0.717, 1.165) is 0 Å². The van der Waals surface area contributed by atoms with Crippen LogP contribution in [0.25, 0.3) is 0 Å². The molecule has 0 aromatic heterocycles. The number of nitrogens with zero attached hydrogens (tertiary/aromatic N) is 1. The van der Waals surface area contributed by atoms with Gasteiger partial charge in [0.25, 0.3) is 0 Å². The molecule has 0 radical (unpaired) electrons. The van der Waals surface area contributed by atoms with Gasteiger partial charge in [-0.25, -0.2) is 4.39 Å². The number of rotatable bonds is 7. The first-order valence-electron chi connectivity index (χ1n) is 7.97. The van der Waals surface area contributed by atoms with Crippen LogP contribution in [0.3, 0.4) is 0 Å². The molecule has 0 fully saturated rings. The fourth-order valence-electron chi connectivity index (χ4n) is 1.42. The predicted octanol–water partition coefficient (Wildman–Crippen LogP) is 5.40. The molecule has 0 atom stereocenters. The maximum absolute atomic E-state index is 13.3. The van der Waals surface area contributed by atoms with Gasteiger partial charge in [0.05, 0.1) is 11.6 Å². The molecule has 8 heteroatoms. The Morgan fingerprint density at radius 3 is 2.40 bits per heavy atom. The molecule has 4 nitrogen and oxygen atoms in total. The summed E-state index contributed by atoms with van der Waals surface area (Å²) in [4.78, 5) is 4.04. The van der Waals surface area contributed by atoms with Crippen molar-refractivity contribution in [2.45, 2.75) is 34.2 Å². The fourth-order valence-corrected chi connectivity index (χ4v) is 1.99. The molecule has 1 aromatic rings. The van der Waals surface area contributed by atoms with Crippen LogP contribution in [0.4, 0.5) is 4.39 Å². The largest absolute Gasteiger partial charge is 0.384 e. The van der Waals surface area contributed by atoms with E-state index in [9.17, 15) is 4.39 Å². The Labute approximate surface area is 164 Å². The first-order valence-corrected chi connectivity index (χ1v) is 9.10. The van der Waals surface area contributed by atoms with Crippen LogP contribution in [-0.2, 0) is 6.54 Å². The van der Waals surface area contributed by atoms with Crippen LogP contribution in [0, 0.1) is 11.2 Å². The highest BCUT2D eigenvalue weighted by atomic mass is 35.5. The van der Waals surface area contributed by atoms with E-state index in [2.05, 4.69) is 10.3 Å². The molecule has 0 bridgehead atoms. The van der Waals surface area contributed by atoms with Crippen LogP contribution in [0.15, 0.2) is 29.3 Å². The average molecular weight is 412 g/mol. The van der Waals surface area contributed by atoms with Gasteiger partial charge in [0.2, 0.25) is 0 Å². The summed E-state index contributed by atoms with van der Waals surface area (Å²) in [6, 6.07) is 2.68. The lowest BCUT2D eigenvalue weighted by atomic mass is 10.2. The van der Waals surface area contributed by atoms with Crippen molar-refractivity contribution in [1.82, 2.24) is 5.32 Å². The molecule has 1 aromatic carbocycles. The van der Waals surface area contributed by atoms with E-state index in [1.54, 1.807) is 0 Å². The van der Waals surface area contributed by atoms with E-state index in [1.807, 2.05) is 27.7 Å². The first-order chi connectivity index (χ1) is 11.9. The molecule has 0 saturated heterocycles. The topological polar surface area (TPSA) is 74.3 Å². The maximum atomic E-state index is 13.3. The second kappa shape index (κ2) is 16.3. The van der Waals surface area contributed by atoms with Crippen molar-refractivity contribution in [3.05, 3.63) is 45.7 Å². The minimum atomic E-state index is -0.506. The van der Waals surface area contributed by atoms with Crippen molar-refractivity contribution in [3.8, 4) is 0 Å². The molecule has 1 rings (SSSR count). The van der Waals surface area contributed by atoms with Crippen molar-refractivity contribution in [2.75, 3.05) is 13.1 Å². The second-order valence-corrected chi connectivity index (χ2v) is 5.18. The van der Waals surface area contributed by atoms with Gasteiger partial charge in [0, 0.05) is 23.7 Å². The first kappa shape index (κ1) is 26.1. The SMILES string of the molecule is CC.CC.N=C(Cl)/C=C\C(N)=NCCNCc1c(Cl)ccc(F)c1Cl. The molecule has 0 heterocycles. The van der Waals surface area contributed by atoms with Crippen molar-refractivity contribution < 1.29 is 4.39 Å². The number of amidine groups is 1. The monoisotopic (exact) mass is 410 g/mol. The molecule has 0 saturated carbocycles. The number of hydrogen-bond acceptors (Lipinski definition) is 3. The van der Waals surface area contributed by atoms with Gasteiger partial charge >= 0.3 is 0 Å². The zero-order valence-corrected chi connectivity index (χ0v) is 17.2. The molecule has 0 aliphatic heterocycles. The Morgan fingerprint density at radius 1 is 1.24 bits per heavy atom. The second-order valence-electron chi connectivity index (χ2n) is 3.99. The Morgan fingerprint density at radius 2 is 1.84 bits per heavy atom. The van der Waals surface area contributed by atoms with Crippen LogP contribution in [0.5, 0.6) is 0 Å². The van der Waals surface area contributed by atoms with E-state index < -0.39 is 5.82 Å². The molecule has 0 aliphatic carbocycles. The number of halogens is 4. The average Bonchev–Trinajstić information content (AvgIpc) is 2.62. The summed E-state index contributed by atoms with van der Waals surface area (Å²) in [5.74, 6) is -0.238. The number of benzene rings is 1. The highest BCUT2D eigenvalue weighted by Gasteiger charge is 2.09. The number of allylic oxidation sites excluding steroid dienone is 1. The number of nitrogens with two attached hydrogens (primary N) is 1. The van der Waals surface area contributed by atoms with Crippen molar-refractivity contribution in [2.24, 2.45) is 10.7 Å². The molecule has 0 spiro atoms. The minimum Gasteiger partial charge on any atom is -0.384 e. The van der Waals surface area contributed by atoms with Crippen molar-refractivity contribution in [3.63, 3.8) is 0 Å². The van der Waals surface area contributed by atoms with Gasteiger partial charge < -0.3 is 11.1 Å². The maximum Gasteiger partial charge on any atom is 0.142 e. The van der Waals surface area contributed by atoms with Gasteiger partial charge in [-0.1, -0.05) is 62.5 Å². The summed E-state index contributed by atoms with van der Waals surface area (Å²) in [6.07, 6.45) is 2.77. The third-order valence-corrected chi connectivity index (χ3v) is 3.31. The summed E-state index contributed by atoms with van der Waals surface area (Å²) in [7, 11) is 0. The Bertz CT molecular complexity index is 575. The zero-order valence-electron chi connectivity index (χ0n) is 15.0. The van der Waals surface area contributed by atoms with Crippen LogP contribution in [0.2, 0.25) is 10.0 Å². The van der Waals surface area contributed by atoms with Crippen molar-refractivity contribution in [1.29, 1.82) is 5.41 Å². The summed E-state index contributed by atoms with van der Waals surface area (Å²) >= 11 is 17.1. The Balaban J connectivity index is 0. The number of hydrogen-bond donors (Lipinski definition) is 3. The lowest BCUT2D eigenvalue weighted by molar-refractivity contribution is 0.621. The highest BCUT2D eigenvalue weighted by Crippen LogP contribution is 2.26. The van der Waals surface area contributed by atoms with Gasteiger partial charge in [-0.2, -0.15) is 0 Å². The lowest BCUT2D eigenvalue weighted by Crippen LogP contribution is -2.19. The third kappa shape index (κ3) is 11.9. The predicted molar refractivity (Wildman–Crippen MR) is 110 cm³/mol. The molecule has 4 N–H and O–H groups in total. The summed E-state index contributed by atoms with van der Waals surface area (Å²) in [5, 5.41) is 10.3. The van der Waals surface area contributed by atoms with Gasteiger partial charge in [0.15, 0.2) is 0 Å². The van der Waals surface area contributed by atoms with Gasteiger partial charge in [-0.05, 0) is 24.3 Å². The van der Waals surface area contributed by atoms with Crippen LogP contribution >= 0.6 is 34.8 Å². The summed E-state index contributed by atoms with van der Waals surface area (Å²) in [6.45, 7) is 9.25. The quantitative estimate of drug-likeness (QED) is 0.243. The smallest absolute Gasteiger partial charge is 0.142 e. The van der Waals surface area contributed by atoms with E-state index in [-0.39, 0.29) is 16.0 Å². The van der Waals surface area contributed by atoms with Gasteiger partial charge in [0.1, 0.15) is 16.8 Å². The van der Waals surface area contributed by atoms with E-state index in [0.29, 0.717) is 30.2 Å².